The summed E-state index contributed by atoms with van der Waals surface area (Å²) in [6, 6.07) is 7.47. The fraction of sp³-hybridized carbons (Fsp3) is 0.417. The largest absolute Gasteiger partial charge is 0.469 e. The molecule has 0 heterocycles. The lowest BCUT2D eigenvalue weighted by Crippen LogP contribution is -2.37. The van der Waals surface area contributed by atoms with Crippen molar-refractivity contribution in [2.24, 2.45) is 11.1 Å². The van der Waals surface area contributed by atoms with Gasteiger partial charge in [0.05, 0.1) is 12.5 Å². The number of methoxy groups -OCH3 is 1. The molecule has 0 bridgehead atoms. The van der Waals surface area contributed by atoms with Crippen molar-refractivity contribution in [1.29, 1.82) is 0 Å². The molecular weight excluding hydrogens is 317 g/mol. The minimum absolute atomic E-state index is 0.293. The van der Waals surface area contributed by atoms with Gasteiger partial charge in [-0.3, -0.25) is 4.79 Å². The van der Waals surface area contributed by atoms with Crippen LogP contribution in [0.4, 0.5) is 0 Å². The molecule has 1 rings (SSSR count). The van der Waals surface area contributed by atoms with Crippen LogP contribution in [0.1, 0.15) is 25.5 Å². The van der Waals surface area contributed by atoms with Crippen LogP contribution in [0.3, 0.4) is 0 Å². The van der Waals surface area contributed by atoms with Gasteiger partial charge in [0, 0.05) is 9.61 Å². The molecule has 0 aliphatic rings. The van der Waals surface area contributed by atoms with Gasteiger partial charge in [0.15, 0.2) is 0 Å². The van der Waals surface area contributed by atoms with Crippen LogP contribution in [0.5, 0.6) is 0 Å². The summed E-state index contributed by atoms with van der Waals surface area (Å²) in [7, 11) is 1.38. The zero-order valence-corrected chi connectivity index (χ0v) is 11.8. The average molecular weight is 333 g/mol. The molecule has 0 saturated heterocycles. The summed E-state index contributed by atoms with van der Waals surface area (Å²) >= 11 is 2.22. The van der Waals surface area contributed by atoms with Crippen molar-refractivity contribution in [2.45, 2.75) is 19.9 Å². The molecule has 0 aliphatic carbocycles. The molecule has 1 aromatic rings. The lowest BCUT2D eigenvalue weighted by atomic mass is 9.81. The summed E-state index contributed by atoms with van der Waals surface area (Å²) in [4.78, 5) is 11.6. The molecule has 0 fully saturated rings. The van der Waals surface area contributed by atoms with Gasteiger partial charge in [0.2, 0.25) is 0 Å². The molecule has 0 amide bonds. The minimum Gasteiger partial charge on any atom is -0.469 e. The first-order valence-corrected chi connectivity index (χ1v) is 6.07. The van der Waals surface area contributed by atoms with E-state index in [1.807, 2.05) is 24.3 Å². The van der Waals surface area contributed by atoms with E-state index in [2.05, 4.69) is 22.6 Å². The van der Waals surface area contributed by atoms with Crippen molar-refractivity contribution in [3.8, 4) is 0 Å². The highest BCUT2D eigenvalue weighted by Gasteiger charge is 2.36. The molecule has 0 aromatic heterocycles. The van der Waals surface area contributed by atoms with Crippen LogP contribution in [0, 0.1) is 8.99 Å². The third-order valence-corrected chi connectivity index (χ3v) is 3.37. The maximum Gasteiger partial charge on any atom is 0.313 e. The highest BCUT2D eigenvalue weighted by atomic mass is 127. The molecule has 0 aliphatic heterocycles. The Morgan fingerprint density at radius 1 is 1.50 bits per heavy atom. The molecule has 88 valence electrons. The number of carbonyl (C=O) groups excluding carboxylic acids is 1. The van der Waals surface area contributed by atoms with Gasteiger partial charge in [-0.2, -0.15) is 0 Å². The molecule has 3 nitrogen and oxygen atoms in total. The Kier molecular flexibility index (Phi) is 4.32. The number of hydrogen-bond donors (Lipinski definition) is 1. The van der Waals surface area contributed by atoms with Gasteiger partial charge in [-0.25, -0.2) is 0 Å². The van der Waals surface area contributed by atoms with Gasteiger partial charge in [-0.05, 0) is 54.1 Å². The van der Waals surface area contributed by atoms with E-state index in [0.29, 0.717) is 0 Å². The molecule has 2 N–H and O–H groups in total. The minimum atomic E-state index is -0.723. The number of hydrogen-bond acceptors (Lipinski definition) is 3. The zero-order chi connectivity index (χ0) is 12.3. The van der Waals surface area contributed by atoms with Crippen LogP contribution in [0.15, 0.2) is 24.3 Å². The van der Waals surface area contributed by atoms with Crippen LogP contribution in [-0.4, -0.2) is 13.1 Å². The molecule has 0 saturated carbocycles. The second-order valence-electron chi connectivity index (χ2n) is 4.25. The molecule has 16 heavy (non-hydrogen) atoms. The number of halogens is 1. The Balaban J connectivity index is 3.01. The van der Waals surface area contributed by atoms with Gasteiger partial charge in [-0.1, -0.05) is 12.1 Å². The smallest absolute Gasteiger partial charge is 0.313 e. The SMILES string of the molecule is COC(=O)C(C)(C)[C@H](N)c1cccc(I)c1. The number of benzene rings is 1. The van der Waals surface area contributed by atoms with Gasteiger partial charge < -0.3 is 10.5 Å². The van der Waals surface area contributed by atoms with Crippen molar-refractivity contribution in [2.75, 3.05) is 7.11 Å². The Morgan fingerprint density at radius 3 is 2.62 bits per heavy atom. The van der Waals surface area contributed by atoms with E-state index >= 15 is 0 Å². The number of rotatable bonds is 3. The Hall–Kier alpha value is -0.620. The molecule has 1 atom stereocenters. The third kappa shape index (κ3) is 2.74. The van der Waals surface area contributed by atoms with Crippen molar-refractivity contribution in [3.05, 3.63) is 33.4 Å². The number of esters is 1. The first kappa shape index (κ1) is 13.4. The van der Waals surface area contributed by atoms with Crippen LogP contribution >= 0.6 is 22.6 Å². The Labute approximate surface area is 109 Å². The first-order valence-electron chi connectivity index (χ1n) is 4.99. The predicted octanol–water partition coefficient (Wildman–Crippen LogP) is 2.49. The van der Waals surface area contributed by atoms with Crippen LogP contribution in [-0.2, 0) is 9.53 Å². The van der Waals surface area contributed by atoms with Crippen LogP contribution in [0.25, 0.3) is 0 Å². The Morgan fingerprint density at radius 2 is 2.12 bits per heavy atom. The summed E-state index contributed by atoms with van der Waals surface area (Å²) in [5, 5.41) is 0. The van der Waals surface area contributed by atoms with Crippen LogP contribution < -0.4 is 5.73 Å². The molecular formula is C12H16INO2. The molecule has 0 radical (unpaired) electrons. The van der Waals surface area contributed by atoms with Gasteiger partial charge in [0.25, 0.3) is 0 Å². The predicted molar refractivity (Wildman–Crippen MR) is 71.9 cm³/mol. The van der Waals surface area contributed by atoms with E-state index in [1.165, 1.54) is 7.11 Å². The van der Waals surface area contributed by atoms with E-state index in [9.17, 15) is 4.79 Å². The fourth-order valence-corrected chi connectivity index (χ4v) is 2.07. The number of nitrogens with two attached hydrogens (primary N) is 1. The van der Waals surface area contributed by atoms with Gasteiger partial charge in [-0.15, -0.1) is 0 Å². The fourth-order valence-electron chi connectivity index (χ4n) is 1.51. The maximum atomic E-state index is 11.6. The molecule has 1 aromatic carbocycles. The van der Waals surface area contributed by atoms with Crippen molar-refractivity contribution in [3.63, 3.8) is 0 Å². The second-order valence-corrected chi connectivity index (χ2v) is 5.49. The Bertz CT molecular complexity index is 390. The quantitative estimate of drug-likeness (QED) is 0.683. The summed E-state index contributed by atoms with van der Waals surface area (Å²) in [5.74, 6) is -0.293. The van der Waals surface area contributed by atoms with Gasteiger partial charge in [0.1, 0.15) is 0 Å². The highest BCUT2D eigenvalue weighted by molar-refractivity contribution is 14.1. The summed E-state index contributed by atoms with van der Waals surface area (Å²) < 4.78 is 5.87. The van der Waals surface area contributed by atoms with E-state index in [0.717, 1.165) is 9.13 Å². The van der Waals surface area contributed by atoms with E-state index in [1.54, 1.807) is 13.8 Å². The maximum absolute atomic E-state index is 11.6. The summed E-state index contributed by atoms with van der Waals surface area (Å²) in [6.45, 7) is 3.59. The monoisotopic (exact) mass is 333 g/mol. The van der Waals surface area contributed by atoms with E-state index in [-0.39, 0.29) is 12.0 Å². The standard InChI is InChI=1S/C12H16INO2/c1-12(2,11(15)16-3)10(14)8-5-4-6-9(13)7-8/h4-7,10H,14H2,1-3H3/t10-/m1/s1. The molecule has 0 unspecified atom stereocenters. The third-order valence-electron chi connectivity index (χ3n) is 2.70. The topological polar surface area (TPSA) is 52.3 Å². The second kappa shape index (κ2) is 5.14. The lowest BCUT2D eigenvalue weighted by molar-refractivity contribution is -0.152. The summed E-state index contributed by atoms with van der Waals surface area (Å²) in [6.07, 6.45) is 0. The number of carbonyl (C=O) groups is 1. The van der Waals surface area contributed by atoms with Crippen molar-refractivity contribution >= 4 is 28.6 Å². The lowest BCUT2D eigenvalue weighted by Gasteiger charge is -2.29. The van der Waals surface area contributed by atoms with E-state index < -0.39 is 5.41 Å². The molecule has 4 heteroatoms. The van der Waals surface area contributed by atoms with Crippen molar-refractivity contribution in [1.82, 2.24) is 0 Å². The van der Waals surface area contributed by atoms with Crippen LogP contribution in [0.2, 0.25) is 0 Å². The number of ether oxygens (including phenoxy) is 1. The molecule has 0 spiro atoms. The zero-order valence-electron chi connectivity index (χ0n) is 9.66. The highest BCUT2D eigenvalue weighted by Crippen LogP contribution is 2.32. The average Bonchev–Trinajstić information content (AvgIpc) is 2.26. The van der Waals surface area contributed by atoms with E-state index in [4.69, 9.17) is 10.5 Å². The van der Waals surface area contributed by atoms with Gasteiger partial charge >= 0.3 is 5.97 Å². The van der Waals surface area contributed by atoms with Crippen molar-refractivity contribution < 1.29 is 9.53 Å². The summed E-state index contributed by atoms with van der Waals surface area (Å²) in [5.41, 5.74) is 6.34. The first-order chi connectivity index (χ1) is 7.39. The normalized spacial score (nSPS) is 13.3.